The Morgan fingerprint density at radius 3 is 2.55 bits per heavy atom. The highest BCUT2D eigenvalue weighted by molar-refractivity contribution is 5.85. The van der Waals surface area contributed by atoms with Gasteiger partial charge in [0, 0.05) is 60.5 Å². The Hall–Kier alpha value is -2.23. The van der Waals surface area contributed by atoms with E-state index in [0.717, 1.165) is 50.2 Å². The molecule has 1 aromatic heterocycles. The van der Waals surface area contributed by atoms with Crippen LogP contribution < -0.4 is 0 Å². The molecule has 0 spiro atoms. The van der Waals surface area contributed by atoms with Gasteiger partial charge in [0.05, 0.1) is 6.61 Å². The van der Waals surface area contributed by atoms with Crippen LogP contribution in [0.25, 0.3) is 0 Å². The molecule has 2 aliphatic carbocycles. The molecule has 0 bridgehead atoms. The first-order chi connectivity index (χ1) is 15.0. The first kappa shape index (κ1) is 22.0. The molecule has 3 atom stereocenters. The Morgan fingerprint density at radius 1 is 1.13 bits per heavy atom. The van der Waals surface area contributed by atoms with Gasteiger partial charge >= 0.3 is 0 Å². The third kappa shape index (κ3) is 4.83. The summed E-state index contributed by atoms with van der Waals surface area (Å²) in [6, 6.07) is 4.41. The predicted octanol–water partition coefficient (Wildman–Crippen LogP) is 6.18. The molecule has 166 valence electrons. The van der Waals surface area contributed by atoms with E-state index in [-0.39, 0.29) is 0 Å². The molecular formula is C27H36N2O2. The zero-order valence-corrected chi connectivity index (χ0v) is 19.5. The minimum Gasteiger partial charge on any atom is -0.493 e. The molecule has 0 saturated heterocycles. The van der Waals surface area contributed by atoms with Crippen molar-refractivity contribution in [1.82, 2.24) is 4.98 Å². The molecule has 2 saturated carbocycles. The molecule has 0 amide bonds. The van der Waals surface area contributed by atoms with E-state index >= 15 is 0 Å². The highest BCUT2D eigenvalue weighted by atomic mass is 16.5. The number of aryl methyl sites for hydroxylation is 1. The number of aromatic nitrogens is 1. The Bertz CT molecular complexity index is 900. The molecule has 2 heterocycles. The quantitative estimate of drug-likeness (QED) is 0.529. The minimum atomic E-state index is 0.375. The summed E-state index contributed by atoms with van der Waals surface area (Å²) in [4.78, 5) is 21.2. The predicted molar refractivity (Wildman–Crippen MR) is 125 cm³/mol. The van der Waals surface area contributed by atoms with Gasteiger partial charge in [-0.2, -0.15) is 0 Å². The van der Waals surface area contributed by atoms with Crippen LogP contribution >= 0.6 is 0 Å². The third-order valence-corrected chi connectivity index (χ3v) is 7.47. The number of hydrogen-bond acceptors (Lipinski definition) is 4. The van der Waals surface area contributed by atoms with Gasteiger partial charge in [0.25, 0.3) is 0 Å². The normalized spacial score (nSPS) is 27.0. The Labute approximate surface area is 186 Å². The number of ether oxygens (including phenoxy) is 1. The number of carbonyl (C=O) groups excluding carboxylic acids is 1. The van der Waals surface area contributed by atoms with Crippen LogP contribution in [0.1, 0.15) is 83.4 Å². The smallest absolute Gasteiger partial charge is 0.132 e. The molecule has 3 aliphatic rings. The second kappa shape index (κ2) is 9.50. The Morgan fingerprint density at radius 2 is 1.90 bits per heavy atom. The molecule has 4 nitrogen and oxygen atoms in total. The number of hydrogen-bond donors (Lipinski definition) is 0. The molecule has 31 heavy (non-hydrogen) atoms. The number of ketones is 1. The van der Waals surface area contributed by atoms with E-state index in [1.807, 2.05) is 12.4 Å². The number of pyridine rings is 1. The number of aliphatic imine (C=N–C) groups is 1. The molecule has 3 unspecified atom stereocenters. The lowest BCUT2D eigenvalue weighted by atomic mass is 9.81. The summed E-state index contributed by atoms with van der Waals surface area (Å²) in [6.45, 7) is 9.51. The van der Waals surface area contributed by atoms with Gasteiger partial charge in [0.1, 0.15) is 11.5 Å². The topological polar surface area (TPSA) is 51.5 Å². The highest BCUT2D eigenvalue weighted by Crippen LogP contribution is 2.53. The van der Waals surface area contributed by atoms with E-state index in [4.69, 9.17) is 14.7 Å². The molecule has 2 fully saturated rings. The second-order valence-corrected chi connectivity index (χ2v) is 9.53. The molecule has 0 aromatic carbocycles. The van der Waals surface area contributed by atoms with Crippen molar-refractivity contribution in [1.29, 1.82) is 0 Å². The van der Waals surface area contributed by atoms with Crippen molar-refractivity contribution in [3.63, 3.8) is 0 Å². The van der Waals surface area contributed by atoms with E-state index in [2.05, 4.69) is 39.8 Å². The molecule has 1 aromatic rings. The third-order valence-electron chi connectivity index (χ3n) is 7.47. The van der Waals surface area contributed by atoms with E-state index in [1.165, 1.54) is 22.4 Å². The van der Waals surface area contributed by atoms with Crippen molar-refractivity contribution in [2.45, 2.75) is 78.6 Å². The summed E-state index contributed by atoms with van der Waals surface area (Å²) >= 11 is 0. The Balaban J connectivity index is 1.49. The fourth-order valence-corrected chi connectivity index (χ4v) is 5.20. The van der Waals surface area contributed by atoms with Crippen molar-refractivity contribution in [2.75, 3.05) is 6.61 Å². The average Bonchev–Trinajstić information content (AvgIpc) is 3.47. The van der Waals surface area contributed by atoms with Gasteiger partial charge in [-0.25, -0.2) is 0 Å². The monoisotopic (exact) mass is 420 g/mol. The van der Waals surface area contributed by atoms with Crippen LogP contribution in [-0.2, 0) is 16.0 Å². The number of carbonyl (C=O) groups is 1. The molecule has 1 aliphatic heterocycles. The maximum absolute atomic E-state index is 11.8. The molecule has 0 N–H and O–H groups in total. The first-order valence-corrected chi connectivity index (χ1v) is 12.1. The lowest BCUT2D eigenvalue weighted by Gasteiger charge is -2.26. The van der Waals surface area contributed by atoms with Crippen LogP contribution in [0.5, 0.6) is 0 Å². The lowest BCUT2D eigenvalue weighted by molar-refractivity contribution is -0.120. The highest BCUT2D eigenvalue weighted by Gasteiger charge is 2.49. The van der Waals surface area contributed by atoms with Crippen LogP contribution in [0.4, 0.5) is 0 Å². The molecule has 0 radical (unpaired) electrons. The largest absolute Gasteiger partial charge is 0.493 e. The summed E-state index contributed by atoms with van der Waals surface area (Å²) in [7, 11) is 0. The minimum absolute atomic E-state index is 0.375. The summed E-state index contributed by atoms with van der Waals surface area (Å²) in [5.74, 6) is 3.41. The Kier molecular flexibility index (Phi) is 6.74. The van der Waals surface area contributed by atoms with E-state index < -0.39 is 0 Å². The van der Waals surface area contributed by atoms with Gasteiger partial charge in [0.15, 0.2) is 0 Å². The number of nitrogens with zero attached hydrogens (tertiary/aromatic N) is 2. The first-order valence-electron chi connectivity index (χ1n) is 12.1. The van der Waals surface area contributed by atoms with Crippen LogP contribution in [0.2, 0.25) is 0 Å². The average molecular weight is 421 g/mol. The summed E-state index contributed by atoms with van der Waals surface area (Å²) < 4.78 is 6.62. The lowest BCUT2D eigenvalue weighted by Crippen LogP contribution is -2.18. The summed E-state index contributed by atoms with van der Waals surface area (Å²) in [6.07, 6.45) is 10.1. The van der Waals surface area contributed by atoms with Gasteiger partial charge in [-0.15, -0.1) is 0 Å². The van der Waals surface area contributed by atoms with Gasteiger partial charge in [-0.3, -0.25) is 14.8 Å². The van der Waals surface area contributed by atoms with Crippen LogP contribution in [0.3, 0.4) is 0 Å². The zero-order chi connectivity index (χ0) is 22.0. The number of Topliss-reactive ketones (excluding diaryl/α,β-unsaturated/α-hetero) is 1. The fraction of sp³-hybridized carbons (Fsp3) is 0.593. The van der Waals surface area contributed by atoms with Crippen LogP contribution in [0, 0.1) is 17.8 Å². The van der Waals surface area contributed by atoms with Crippen molar-refractivity contribution in [2.24, 2.45) is 22.7 Å². The standard InChI is InChI=1S/C27H36N2O2/c1-5-19-7-12-25(29-14-19)26-18(4)24(26)16-31-27-20(6-2)13-17(3)28-15-23(27)21-8-10-22(30)11-9-21/h7,12,14-15,18,21,24,26H,5-6,8-11,13,16H2,1-4H3. The van der Waals surface area contributed by atoms with Crippen molar-refractivity contribution in [3.8, 4) is 0 Å². The summed E-state index contributed by atoms with van der Waals surface area (Å²) in [5, 5.41) is 0. The maximum Gasteiger partial charge on any atom is 0.132 e. The van der Waals surface area contributed by atoms with Gasteiger partial charge in [-0.05, 0) is 61.6 Å². The molecule has 4 heteroatoms. The van der Waals surface area contributed by atoms with E-state index in [0.29, 0.717) is 42.3 Å². The van der Waals surface area contributed by atoms with Crippen molar-refractivity contribution in [3.05, 3.63) is 52.7 Å². The van der Waals surface area contributed by atoms with Crippen LogP contribution in [0.15, 0.2) is 46.4 Å². The van der Waals surface area contributed by atoms with Gasteiger partial charge in [0.2, 0.25) is 0 Å². The van der Waals surface area contributed by atoms with E-state index in [1.54, 1.807) is 0 Å². The number of rotatable bonds is 7. The summed E-state index contributed by atoms with van der Waals surface area (Å²) in [5.41, 5.74) is 6.19. The van der Waals surface area contributed by atoms with Gasteiger partial charge < -0.3 is 4.74 Å². The van der Waals surface area contributed by atoms with Crippen molar-refractivity contribution >= 4 is 11.5 Å². The number of allylic oxidation sites excluding steroid dienone is 2. The second-order valence-electron chi connectivity index (χ2n) is 9.53. The SMILES string of the molecule is CCC1=C(OCC2C(C)C2c2ccc(CC)cn2)C(C2CCC(=O)CC2)=CN=C(C)C1. The zero-order valence-electron chi connectivity index (χ0n) is 19.5. The van der Waals surface area contributed by atoms with Gasteiger partial charge in [-0.1, -0.05) is 26.8 Å². The molecule has 4 rings (SSSR count). The van der Waals surface area contributed by atoms with Crippen LogP contribution in [-0.4, -0.2) is 23.1 Å². The maximum atomic E-state index is 11.8. The van der Waals surface area contributed by atoms with E-state index in [9.17, 15) is 4.79 Å². The fourth-order valence-electron chi connectivity index (χ4n) is 5.20. The molecular weight excluding hydrogens is 384 g/mol. The van der Waals surface area contributed by atoms with Crippen molar-refractivity contribution < 1.29 is 9.53 Å².